The normalized spacial score (nSPS) is 10.1. The van der Waals surface area contributed by atoms with Crippen molar-refractivity contribution in [3.05, 3.63) is 33.3 Å². The molecule has 5 heteroatoms. The highest BCUT2D eigenvalue weighted by Crippen LogP contribution is 2.34. The molecule has 0 saturated carbocycles. The summed E-state index contributed by atoms with van der Waals surface area (Å²) in [4.78, 5) is 22.8. The Morgan fingerprint density at radius 3 is 2.67 bits per heavy atom. The number of carboxylic acids is 1. The summed E-state index contributed by atoms with van der Waals surface area (Å²) in [6, 6.07) is 3.32. The van der Waals surface area contributed by atoms with Gasteiger partial charge in [-0.05, 0) is 22.9 Å². The van der Waals surface area contributed by atoms with Crippen LogP contribution in [0.3, 0.4) is 0 Å². The van der Waals surface area contributed by atoms with Crippen molar-refractivity contribution in [3.63, 3.8) is 0 Å². The van der Waals surface area contributed by atoms with Crippen LogP contribution in [0.4, 0.5) is 0 Å². The van der Waals surface area contributed by atoms with E-state index in [-0.39, 0.29) is 5.56 Å². The monoisotopic (exact) mass is 238 g/mol. The maximum Gasteiger partial charge on any atom is 0.337 e. The molecule has 0 fully saturated rings. The SMILES string of the molecule is O=Cc1sccc1-c1sccc1C(=O)O. The van der Waals surface area contributed by atoms with Gasteiger partial charge >= 0.3 is 5.97 Å². The maximum atomic E-state index is 10.9. The molecule has 0 atom stereocenters. The van der Waals surface area contributed by atoms with E-state index in [1.54, 1.807) is 22.9 Å². The van der Waals surface area contributed by atoms with E-state index in [9.17, 15) is 9.59 Å². The van der Waals surface area contributed by atoms with E-state index < -0.39 is 5.97 Å². The molecule has 0 bridgehead atoms. The smallest absolute Gasteiger partial charge is 0.337 e. The number of aldehydes is 1. The van der Waals surface area contributed by atoms with Gasteiger partial charge in [-0.15, -0.1) is 22.7 Å². The van der Waals surface area contributed by atoms with Crippen LogP contribution in [-0.4, -0.2) is 17.4 Å². The predicted molar refractivity (Wildman–Crippen MR) is 60.0 cm³/mol. The second kappa shape index (κ2) is 3.96. The van der Waals surface area contributed by atoms with Crippen LogP contribution in [0, 0.1) is 0 Å². The van der Waals surface area contributed by atoms with Crippen LogP contribution in [-0.2, 0) is 0 Å². The van der Waals surface area contributed by atoms with Crippen molar-refractivity contribution in [3.8, 4) is 10.4 Å². The molecule has 15 heavy (non-hydrogen) atoms. The van der Waals surface area contributed by atoms with Crippen molar-refractivity contribution < 1.29 is 14.7 Å². The summed E-state index contributed by atoms with van der Waals surface area (Å²) < 4.78 is 0. The Kier molecular flexibility index (Phi) is 2.66. The highest BCUT2D eigenvalue weighted by Gasteiger charge is 2.16. The standard InChI is InChI=1S/C10H6O3S2/c11-5-8-6(1-3-14-8)9-7(10(12)13)2-4-15-9/h1-5H,(H,12,13). The number of hydrogen-bond acceptors (Lipinski definition) is 4. The first kappa shape index (κ1) is 10.1. The van der Waals surface area contributed by atoms with Gasteiger partial charge in [-0.1, -0.05) is 0 Å². The molecule has 3 nitrogen and oxygen atoms in total. The van der Waals surface area contributed by atoms with Crippen molar-refractivity contribution in [2.24, 2.45) is 0 Å². The number of thiophene rings is 2. The number of carbonyl (C=O) groups is 2. The Morgan fingerprint density at radius 1 is 1.27 bits per heavy atom. The van der Waals surface area contributed by atoms with Crippen LogP contribution in [0.15, 0.2) is 22.9 Å². The van der Waals surface area contributed by atoms with Crippen molar-refractivity contribution in [1.82, 2.24) is 0 Å². The molecule has 0 aromatic carbocycles. The lowest BCUT2D eigenvalue weighted by Gasteiger charge is -1.97. The molecule has 0 aliphatic heterocycles. The summed E-state index contributed by atoms with van der Waals surface area (Å²) in [6.45, 7) is 0. The number of carboxylic acid groups (broad SMARTS) is 1. The Balaban J connectivity index is 2.58. The largest absolute Gasteiger partial charge is 0.478 e. The first-order valence-electron chi connectivity index (χ1n) is 4.08. The number of carbonyl (C=O) groups excluding carboxylic acids is 1. The molecule has 0 aliphatic rings. The molecule has 0 spiro atoms. The van der Waals surface area contributed by atoms with Gasteiger partial charge in [-0.2, -0.15) is 0 Å². The van der Waals surface area contributed by atoms with Crippen LogP contribution < -0.4 is 0 Å². The Labute approximate surface area is 93.6 Å². The van der Waals surface area contributed by atoms with Gasteiger partial charge in [0.05, 0.1) is 15.3 Å². The van der Waals surface area contributed by atoms with Crippen molar-refractivity contribution in [1.29, 1.82) is 0 Å². The predicted octanol–water partition coefficient (Wildman–Crippen LogP) is 2.99. The lowest BCUT2D eigenvalue weighted by Crippen LogP contribution is -1.95. The van der Waals surface area contributed by atoms with Gasteiger partial charge in [0, 0.05) is 5.56 Å². The third kappa shape index (κ3) is 1.71. The van der Waals surface area contributed by atoms with E-state index in [4.69, 9.17) is 5.11 Å². The van der Waals surface area contributed by atoms with Crippen LogP contribution in [0.25, 0.3) is 10.4 Å². The van der Waals surface area contributed by atoms with Crippen molar-refractivity contribution in [2.75, 3.05) is 0 Å². The van der Waals surface area contributed by atoms with Gasteiger partial charge in [0.2, 0.25) is 0 Å². The maximum absolute atomic E-state index is 10.9. The topological polar surface area (TPSA) is 54.4 Å². The molecule has 1 N–H and O–H groups in total. The van der Waals surface area contributed by atoms with Crippen LogP contribution >= 0.6 is 22.7 Å². The molecule has 76 valence electrons. The molecule has 2 rings (SSSR count). The van der Waals surface area contributed by atoms with E-state index in [1.807, 2.05) is 0 Å². The second-order valence-corrected chi connectivity index (χ2v) is 4.65. The highest BCUT2D eigenvalue weighted by atomic mass is 32.1. The minimum Gasteiger partial charge on any atom is -0.478 e. The molecule has 0 aliphatic carbocycles. The average molecular weight is 238 g/mol. The van der Waals surface area contributed by atoms with E-state index in [2.05, 4.69) is 0 Å². The van der Waals surface area contributed by atoms with Gasteiger partial charge in [-0.3, -0.25) is 4.79 Å². The average Bonchev–Trinajstić information content (AvgIpc) is 2.85. The summed E-state index contributed by atoms with van der Waals surface area (Å²) in [6.07, 6.45) is 0.755. The quantitative estimate of drug-likeness (QED) is 0.836. The zero-order valence-corrected chi connectivity index (χ0v) is 9.10. The second-order valence-electron chi connectivity index (χ2n) is 2.78. The fourth-order valence-corrected chi connectivity index (χ4v) is 2.98. The molecule has 2 heterocycles. The van der Waals surface area contributed by atoms with Gasteiger partial charge in [-0.25, -0.2) is 4.79 Å². The summed E-state index contributed by atoms with van der Waals surface area (Å²) in [5.41, 5.74) is 0.962. The fraction of sp³-hybridized carbons (Fsp3) is 0. The fourth-order valence-electron chi connectivity index (χ4n) is 1.29. The minimum absolute atomic E-state index is 0.251. The third-order valence-corrected chi connectivity index (χ3v) is 3.73. The number of rotatable bonds is 3. The highest BCUT2D eigenvalue weighted by molar-refractivity contribution is 7.15. The molecule has 0 radical (unpaired) electrons. The van der Waals surface area contributed by atoms with Crippen LogP contribution in [0.1, 0.15) is 20.0 Å². The van der Waals surface area contributed by atoms with Gasteiger partial charge in [0.15, 0.2) is 6.29 Å². The summed E-state index contributed by atoms with van der Waals surface area (Å²) in [5, 5.41) is 12.4. The zero-order valence-electron chi connectivity index (χ0n) is 7.47. The van der Waals surface area contributed by atoms with E-state index in [0.717, 1.165) is 6.29 Å². The number of aromatic carboxylic acids is 1. The molecular formula is C10H6O3S2. The molecule has 0 unspecified atom stereocenters. The van der Waals surface area contributed by atoms with E-state index in [1.165, 1.54) is 22.7 Å². The first-order valence-corrected chi connectivity index (χ1v) is 5.84. The molecule has 0 saturated heterocycles. The molecule has 0 amide bonds. The third-order valence-electron chi connectivity index (χ3n) is 1.94. The van der Waals surface area contributed by atoms with Crippen molar-refractivity contribution >= 4 is 34.9 Å². The Hall–Kier alpha value is -1.46. The number of hydrogen-bond donors (Lipinski definition) is 1. The van der Waals surface area contributed by atoms with E-state index in [0.29, 0.717) is 15.3 Å². The molecule has 2 aromatic rings. The van der Waals surface area contributed by atoms with Gasteiger partial charge in [0.25, 0.3) is 0 Å². The van der Waals surface area contributed by atoms with E-state index >= 15 is 0 Å². The molecular weight excluding hydrogens is 232 g/mol. The summed E-state index contributed by atoms with van der Waals surface area (Å²) >= 11 is 2.65. The lowest BCUT2D eigenvalue weighted by atomic mass is 10.1. The summed E-state index contributed by atoms with van der Waals surface area (Å²) in [5.74, 6) is -0.964. The van der Waals surface area contributed by atoms with Gasteiger partial charge < -0.3 is 5.11 Å². The Bertz CT molecular complexity index is 510. The minimum atomic E-state index is -0.964. The lowest BCUT2D eigenvalue weighted by molar-refractivity contribution is 0.0698. The van der Waals surface area contributed by atoms with Crippen LogP contribution in [0.5, 0.6) is 0 Å². The molecule has 2 aromatic heterocycles. The summed E-state index contributed by atoms with van der Waals surface area (Å²) in [7, 11) is 0. The van der Waals surface area contributed by atoms with Crippen LogP contribution in [0.2, 0.25) is 0 Å². The first-order chi connectivity index (χ1) is 7.24. The van der Waals surface area contributed by atoms with Gasteiger partial charge in [0.1, 0.15) is 0 Å². The zero-order chi connectivity index (χ0) is 10.8. The Morgan fingerprint density at radius 2 is 2.00 bits per heavy atom. The van der Waals surface area contributed by atoms with Crippen molar-refractivity contribution in [2.45, 2.75) is 0 Å².